The zero-order valence-corrected chi connectivity index (χ0v) is 14.4. The zero-order chi connectivity index (χ0) is 18.1. The molecule has 1 heterocycles. The molecular weight excluding hydrogens is 348 g/mol. The minimum absolute atomic E-state index is 0.00318. The van der Waals surface area contributed by atoms with E-state index in [1.165, 1.54) is 21.1 Å². The van der Waals surface area contributed by atoms with Crippen LogP contribution in [0, 0.1) is 0 Å². The van der Waals surface area contributed by atoms with E-state index in [1.54, 1.807) is 0 Å². The standard InChI is InChI=1S/C12H22N2O9S/c1-7(15)14-8-6-21-11(9(16)10(8)19-3)23-24(18)22-5-4-20-12(17)13-2/h8-11,16H,4-6H2,1-3H3,(H,13,17)(H,14,15)/t8?,9-,10?,11+,24?/m0/s1. The number of rotatable bonds is 8. The second-order valence-corrected chi connectivity index (χ2v) is 5.54. The van der Waals surface area contributed by atoms with E-state index in [9.17, 15) is 18.9 Å². The van der Waals surface area contributed by atoms with Crippen LogP contribution in [0.2, 0.25) is 0 Å². The molecule has 3 N–H and O–H groups in total. The molecule has 0 saturated carbocycles. The molecule has 24 heavy (non-hydrogen) atoms. The molecule has 0 bridgehead atoms. The smallest absolute Gasteiger partial charge is 0.406 e. The lowest BCUT2D eigenvalue weighted by Gasteiger charge is -2.38. The van der Waals surface area contributed by atoms with E-state index in [0.717, 1.165) is 0 Å². The highest BCUT2D eigenvalue weighted by Crippen LogP contribution is 2.20. The number of aliphatic hydroxyl groups is 1. The van der Waals surface area contributed by atoms with Crippen LogP contribution < -0.4 is 10.6 Å². The molecule has 0 aliphatic carbocycles. The third kappa shape index (κ3) is 6.67. The number of carbonyl (C=O) groups excluding carboxylic acids is 2. The van der Waals surface area contributed by atoms with Gasteiger partial charge in [-0.1, -0.05) is 0 Å². The van der Waals surface area contributed by atoms with E-state index >= 15 is 0 Å². The Bertz CT molecular complexity index is 450. The van der Waals surface area contributed by atoms with Gasteiger partial charge in [0.1, 0.15) is 25.4 Å². The number of nitrogens with one attached hydrogen (secondary N) is 2. The first-order valence-electron chi connectivity index (χ1n) is 7.05. The molecule has 140 valence electrons. The Labute approximate surface area is 141 Å². The van der Waals surface area contributed by atoms with Crippen molar-refractivity contribution in [2.24, 2.45) is 0 Å². The van der Waals surface area contributed by atoms with Gasteiger partial charge in [0, 0.05) is 21.1 Å². The molecule has 1 fully saturated rings. The summed E-state index contributed by atoms with van der Waals surface area (Å²) in [5, 5.41) is 15.0. The number of hydrogen-bond acceptors (Lipinski definition) is 9. The van der Waals surface area contributed by atoms with Gasteiger partial charge in [-0.05, 0) is 0 Å². The molecule has 1 aliphatic rings. The van der Waals surface area contributed by atoms with Gasteiger partial charge in [0.2, 0.25) is 12.2 Å². The average Bonchev–Trinajstić information content (AvgIpc) is 2.53. The van der Waals surface area contributed by atoms with Gasteiger partial charge in [-0.25, -0.2) is 8.98 Å². The van der Waals surface area contributed by atoms with Crippen molar-refractivity contribution in [3.8, 4) is 0 Å². The molecule has 0 aromatic carbocycles. The average molecular weight is 370 g/mol. The second-order valence-electron chi connectivity index (χ2n) is 4.71. The van der Waals surface area contributed by atoms with Gasteiger partial charge in [-0.15, -0.1) is 0 Å². The van der Waals surface area contributed by atoms with Crippen LogP contribution in [0.15, 0.2) is 0 Å². The predicted molar refractivity (Wildman–Crippen MR) is 79.7 cm³/mol. The van der Waals surface area contributed by atoms with Crippen molar-refractivity contribution in [1.29, 1.82) is 0 Å². The third-order valence-corrected chi connectivity index (χ3v) is 3.69. The molecule has 0 spiro atoms. The number of hydrogen-bond donors (Lipinski definition) is 3. The second kappa shape index (κ2) is 10.5. The molecule has 12 heteroatoms. The quantitative estimate of drug-likeness (QED) is 0.421. The van der Waals surface area contributed by atoms with Crippen LogP contribution in [0.4, 0.5) is 4.79 Å². The molecule has 11 nitrogen and oxygen atoms in total. The molecule has 1 aliphatic heterocycles. The Morgan fingerprint density at radius 1 is 1.38 bits per heavy atom. The largest absolute Gasteiger partial charge is 0.447 e. The molecule has 1 rings (SSSR count). The Morgan fingerprint density at radius 2 is 2.08 bits per heavy atom. The molecule has 0 radical (unpaired) electrons. The molecule has 2 amide bonds. The normalized spacial score (nSPS) is 28.0. The van der Waals surface area contributed by atoms with Crippen LogP contribution in [0.5, 0.6) is 0 Å². The molecule has 1 saturated heterocycles. The van der Waals surface area contributed by atoms with Crippen LogP contribution in [-0.4, -0.2) is 79.8 Å². The van der Waals surface area contributed by atoms with Crippen molar-refractivity contribution in [3.05, 3.63) is 0 Å². The van der Waals surface area contributed by atoms with Crippen molar-refractivity contribution >= 4 is 23.4 Å². The Balaban J connectivity index is 2.40. The molecular formula is C12H22N2O9S. The van der Waals surface area contributed by atoms with E-state index in [4.69, 9.17) is 17.8 Å². The summed E-state index contributed by atoms with van der Waals surface area (Å²) in [7, 11) is 2.75. The number of aliphatic hydroxyl groups excluding tert-OH is 1. The fourth-order valence-electron chi connectivity index (χ4n) is 1.97. The van der Waals surface area contributed by atoms with E-state index in [-0.39, 0.29) is 25.7 Å². The summed E-state index contributed by atoms with van der Waals surface area (Å²) >= 11 is -2.23. The van der Waals surface area contributed by atoms with Gasteiger partial charge in [-0.3, -0.25) is 8.98 Å². The first-order valence-corrected chi connectivity index (χ1v) is 8.05. The lowest BCUT2D eigenvalue weighted by atomic mass is 10.0. The lowest BCUT2D eigenvalue weighted by Crippen LogP contribution is -2.60. The highest BCUT2D eigenvalue weighted by Gasteiger charge is 2.42. The topological polar surface area (TPSA) is 142 Å². The molecule has 5 atom stereocenters. The van der Waals surface area contributed by atoms with Crippen LogP contribution in [0.3, 0.4) is 0 Å². The summed E-state index contributed by atoms with van der Waals surface area (Å²) in [6.07, 6.45) is -4.01. The van der Waals surface area contributed by atoms with E-state index in [2.05, 4.69) is 15.4 Å². The number of alkyl carbamates (subject to hydrolysis) is 1. The van der Waals surface area contributed by atoms with Gasteiger partial charge >= 0.3 is 17.5 Å². The summed E-state index contributed by atoms with van der Waals surface area (Å²) in [5.74, 6) is -0.305. The lowest BCUT2D eigenvalue weighted by molar-refractivity contribution is -0.222. The monoisotopic (exact) mass is 370 g/mol. The number of ether oxygens (including phenoxy) is 3. The third-order valence-electron chi connectivity index (χ3n) is 2.99. The maximum atomic E-state index is 11.6. The summed E-state index contributed by atoms with van der Waals surface area (Å²) in [6.45, 7) is 1.02. The molecule has 0 aromatic heterocycles. The SMILES string of the molecule is CNC(=O)OCCOS(=O)O[C@H]1OCC(NC(C)=O)C(OC)[C@@H]1O. The number of amides is 2. The predicted octanol–water partition coefficient (Wildman–Crippen LogP) is -1.81. The van der Waals surface area contributed by atoms with Crippen molar-refractivity contribution in [3.63, 3.8) is 0 Å². The van der Waals surface area contributed by atoms with E-state index in [1.807, 2.05) is 0 Å². The summed E-state index contributed by atoms with van der Waals surface area (Å²) in [5.41, 5.74) is 0. The van der Waals surface area contributed by atoms with Crippen LogP contribution in [0.25, 0.3) is 0 Å². The minimum Gasteiger partial charge on any atom is -0.447 e. The zero-order valence-electron chi connectivity index (χ0n) is 13.6. The molecule has 3 unspecified atom stereocenters. The van der Waals surface area contributed by atoms with Crippen molar-refractivity contribution in [2.75, 3.05) is 34.0 Å². The van der Waals surface area contributed by atoms with Crippen LogP contribution in [0.1, 0.15) is 6.92 Å². The Hall–Kier alpha value is -1.31. The van der Waals surface area contributed by atoms with Crippen LogP contribution >= 0.6 is 0 Å². The Morgan fingerprint density at radius 3 is 2.67 bits per heavy atom. The van der Waals surface area contributed by atoms with Gasteiger partial charge in [0.05, 0.1) is 12.6 Å². The minimum atomic E-state index is -2.23. The van der Waals surface area contributed by atoms with Crippen LogP contribution in [-0.2, 0) is 38.7 Å². The fraction of sp³-hybridized carbons (Fsp3) is 0.833. The number of carbonyl (C=O) groups is 2. The van der Waals surface area contributed by atoms with E-state index < -0.39 is 42.0 Å². The maximum Gasteiger partial charge on any atom is 0.406 e. The fourth-order valence-corrected chi connectivity index (χ4v) is 2.56. The summed E-state index contributed by atoms with van der Waals surface area (Å²) in [6, 6.07) is -0.572. The van der Waals surface area contributed by atoms with Gasteiger partial charge < -0.3 is 30.0 Å². The maximum absolute atomic E-state index is 11.6. The highest BCUT2D eigenvalue weighted by molar-refractivity contribution is 7.75. The Kier molecular flexibility index (Phi) is 9.10. The number of methoxy groups -OCH3 is 1. The first-order chi connectivity index (χ1) is 11.4. The van der Waals surface area contributed by atoms with Gasteiger partial charge in [0.15, 0.2) is 0 Å². The van der Waals surface area contributed by atoms with E-state index in [0.29, 0.717) is 0 Å². The van der Waals surface area contributed by atoms with Gasteiger partial charge in [-0.2, -0.15) is 4.21 Å². The first kappa shape index (κ1) is 20.7. The van der Waals surface area contributed by atoms with Gasteiger partial charge in [0.25, 0.3) is 0 Å². The summed E-state index contributed by atoms with van der Waals surface area (Å²) < 4.78 is 36.4. The van der Waals surface area contributed by atoms with Crippen molar-refractivity contribution in [1.82, 2.24) is 10.6 Å². The summed E-state index contributed by atoms with van der Waals surface area (Å²) in [4.78, 5) is 21.9. The molecule has 0 aromatic rings. The van der Waals surface area contributed by atoms with Crippen molar-refractivity contribution < 1.29 is 41.5 Å². The van der Waals surface area contributed by atoms with Crippen molar-refractivity contribution in [2.45, 2.75) is 31.5 Å². The highest BCUT2D eigenvalue weighted by atomic mass is 32.2.